The molecule has 5 nitrogen and oxygen atoms in total. The maximum absolute atomic E-state index is 12.4. The van der Waals surface area contributed by atoms with Gasteiger partial charge in [-0.15, -0.1) is 0 Å². The molecule has 0 atom stereocenters. The summed E-state index contributed by atoms with van der Waals surface area (Å²) in [5.74, 6) is -1.76. The van der Waals surface area contributed by atoms with Crippen molar-refractivity contribution in [3.8, 4) is 5.69 Å². The summed E-state index contributed by atoms with van der Waals surface area (Å²) in [5, 5.41) is 11.4. The number of amides is 1. The summed E-state index contributed by atoms with van der Waals surface area (Å²) in [6.07, 6.45) is 1.74. The van der Waals surface area contributed by atoms with Crippen LogP contribution in [0.2, 0.25) is 5.02 Å². The van der Waals surface area contributed by atoms with Gasteiger partial charge in [-0.3, -0.25) is 9.69 Å². The van der Waals surface area contributed by atoms with Gasteiger partial charge in [0.2, 0.25) is 0 Å². The van der Waals surface area contributed by atoms with Crippen LogP contribution in [0.1, 0.15) is 17.0 Å². The fraction of sp³-hybridized carbons (Fsp3) is 0.167. The number of benzene rings is 1. The molecule has 0 aliphatic carbocycles. The third-order valence-corrected chi connectivity index (χ3v) is 5.63. The molecule has 8 heteroatoms. The molecule has 0 spiro atoms. The Labute approximate surface area is 165 Å². The number of carbonyl (C=O) groups is 2. The molecule has 1 fully saturated rings. The molecule has 1 aromatic carbocycles. The van der Waals surface area contributed by atoms with Crippen LogP contribution in [-0.2, 0) is 9.59 Å². The topological polar surface area (TPSA) is 65.4 Å². The van der Waals surface area contributed by atoms with E-state index in [1.165, 1.54) is 0 Å². The summed E-state index contributed by atoms with van der Waals surface area (Å²) in [6, 6.07) is 9.45. The van der Waals surface area contributed by atoms with Crippen LogP contribution < -0.4 is 5.11 Å². The molecule has 0 saturated carbocycles. The third kappa shape index (κ3) is 3.56. The first-order chi connectivity index (χ1) is 12.3. The van der Waals surface area contributed by atoms with Gasteiger partial charge in [0, 0.05) is 22.1 Å². The first-order valence-corrected chi connectivity index (χ1v) is 9.28. The van der Waals surface area contributed by atoms with Crippen molar-refractivity contribution in [3.63, 3.8) is 0 Å². The van der Waals surface area contributed by atoms with Crippen LogP contribution in [0.15, 0.2) is 35.2 Å². The van der Waals surface area contributed by atoms with Gasteiger partial charge in [0.15, 0.2) is 0 Å². The maximum atomic E-state index is 12.4. The highest BCUT2D eigenvalue weighted by molar-refractivity contribution is 8.26. The number of rotatable bonds is 4. The van der Waals surface area contributed by atoms with Crippen molar-refractivity contribution >= 4 is 57.9 Å². The smallest absolute Gasteiger partial charge is 0.266 e. The largest absolute Gasteiger partial charge is 0.548 e. The minimum atomic E-state index is -1.34. The van der Waals surface area contributed by atoms with Crippen LogP contribution in [-0.4, -0.2) is 32.2 Å². The second-order valence-electron chi connectivity index (χ2n) is 5.78. The number of carboxylic acid groups (broad SMARTS) is 1. The molecule has 0 N–H and O–H groups in total. The van der Waals surface area contributed by atoms with Crippen LogP contribution in [0.5, 0.6) is 0 Å². The van der Waals surface area contributed by atoms with E-state index in [1.54, 1.807) is 6.08 Å². The lowest BCUT2D eigenvalue weighted by molar-refractivity contribution is -0.305. The number of thioether (sulfide) groups is 1. The summed E-state index contributed by atoms with van der Waals surface area (Å²) in [4.78, 5) is 24.6. The Morgan fingerprint density at radius 3 is 2.58 bits per heavy atom. The molecule has 1 amide bonds. The molecule has 26 heavy (non-hydrogen) atoms. The van der Waals surface area contributed by atoms with Gasteiger partial charge in [-0.1, -0.05) is 35.6 Å². The highest BCUT2D eigenvalue weighted by Gasteiger charge is 2.32. The van der Waals surface area contributed by atoms with Gasteiger partial charge in [-0.25, -0.2) is 0 Å². The zero-order valence-corrected chi connectivity index (χ0v) is 16.4. The molecule has 1 aromatic heterocycles. The molecule has 3 rings (SSSR count). The Morgan fingerprint density at radius 2 is 1.96 bits per heavy atom. The lowest BCUT2D eigenvalue weighted by Crippen LogP contribution is -2.40. The fourth-order valence-corrected chi connectivity index (χ4v) is 4.20. The van der Waals surface area contributed by atoms with Crippen molar-refractivity contribution in [2.45, 2.75) is 13.8 Å². The quantitative estimate of drug-likeness (QED) is 0.578. The average molecular weight is 406 g/mol. The van der Waals surface area contributed by atoms with E-state index in [9.17, 15) is 14.7 Å². The molecule has 0 unspecified atom stereocenters. The normalized spacial score (nSPS) is 16.0. The monoisotopic (exact) mass is 405 g/mol. The number of halogens is 1. The second-order valence-corrected chi connectivity index (χ2v) is 7.89. The molecule has 0 radical (unpaired) electrons. The van der Waals surface area contributed by atoms with E-state index in [0.717, 1.165) is 39.3 Å². The molecule has 1 saturated heterocycles. The highest BCUT2D eigenvalue weighted by Crippen LogP contribution is 2.33. The minimum absolute atomic E-state index is 0.219. The van der Waals surface area contributed by atoms with Crippen LogP contribution in [0, 0.1) is 13.8 Å². The summed E-state index contributed by atoms with van der Waals surface area (Å²) in [7, 11) is 0. The van der Waals surface area contributed by atoms with E-state index in [-0.39, 0.29) is 4.32 Å². The second kappa shape index (κ2) is 7.26. The number of thiocarbonyl (C=S) groups is 1. The van der Waals surface area contributed by atoms with Gasteiger partial charge in [-0.05, 0) is 55.8 Å². The van der Waals surface area contributed by atoms with Crippen LogP contribution in [0.25, 0.3) is 11.8 Å². The van der Waals surface area contributed by atoms with Crippen LogP contribution in [0.4, 0.5) is 0 Å². The Hall–Kier alpha value is -2.09. The Kier molecular flexibility index (Phi) is 5.22. The predicted molar refractivity (Wildman–Crippen MR) is 105 cm³/mol. The molecule has 1 aliphatic heterocycles. The van der Waals surface area contributed by atoms with Crippen molar-refractivity contribution in [3.05, 3.63) is 57.2 Å². The van der Waals surface area contributed by atoms with Gasteiger partial charge in [0.1, 0.15) is 4.32 Å². The third-order valence-electron chi connectivity index (χ3n) is 4.00. The van der Waals surface area contributed by atoms with E-state index < -0.39 is 18.4 Å². The van der Waals surface area contributed by atoms with Crippen LogP contribution >= 0.6 is 35.6 Å². The lowest BCUT2D eigenvalue weighted by atomic mass is 10.2. The highest BCUT2D eigenvalue weighted by atomic mass is 35.5. The standard InChI is InChI=1S/C18H15ClN2O3S2/c1-10-7-12(11(2)21(10)14-5-3-13(19)4-6-14)8-15-17(24)20(9-16(22)23)18(25)26-15/h3-8H,9H2,1-2H3,(H,22,23)/p-1/b15-8-. The van der Waals surface area contributed by atoms with Gasteiger partial charge in [0.05, 0.1) is 17.4 Å². The van der Waals surface area contributed by atoms with Gasteiger partial charge in [-0.2, -0.15) is 0 Å². The number of hydrogen-bond donors (Lipinski definition) is 0. The first-order valence-electron chi connectivity index (χ1n) is 7.68. The Bertz CT molecular complexity index is 948. The number of nitrogens with zero attached hydrogens (tertiary/aromatic N) is 2. The van der Waals surface area contributed by atoms with E-state index >= 15 is 0 Å². The maximum Gasteiger partial charge on any atom is 0.266 e. The lowest BCUT2D eigenvalue weighted by Gasteiger charge is -2.14. The zero-order valence-electron chi connectivity index (χ0n) is 14.0. The van der Waals surface area contributed by atoms with E-state index in [4.69, 9.17) is 23.8 Å². The van der Waals surface area contributed by atoms with Crippen LogP contribution in [0.3, 0.4) is 0 Å². The van der Waals surface area contributed by atoms with Crippen molar-refractivity contribution in [1.82, 2.24) is 9.47 Å². The molecule has 134 valence electrons. The first kappa shape index (κ1) is 18.7. The van der Waals surface area contributed by atoms with Gasteiger partial charge in [0.25, 0.3) is 5.91 Å². The number of carbonyl (C=O) groups excluding carboxylic acids is 2. The Morgan fingerprint density at radius 1 is 1.31 bits per heavy atom. The van der Waals surface area contributed by atoms with E-state index in [1.807, 2.05) is 44.2 Å². The molecule has 2 aromatic rings. The number of aliphatic carboxylic acids is 1. The van der Waals surface area contributed by atoms with Crippen molar-refractivity contribution in [2.24, 2.45) is 0 Å². The molecule has 1 aliphatic rings. The van der Waals surface area contributed by atoms with E-state index in [0.29, 0.717) is 9.93 Å². The van der Waals surface area contributed by atoms with Gasteiger partial charge >= 0.3 is 0 Å². The average Bonchev–Trinajstić information content (AvgIpc) is 2.99. The number of aryl methyl sites for hydroxylation is 1. The summed E-state index contributed by atoms with van der Waals surface area (Å²) in [5.41, 5.74) is 3.79. The fourth-order valence-electron chi connectivity index (χ4n) is 2.83. The van der Waals surface area contributed by atoms with Crippen molar-refractivity contribution in [2.75, 3.05) is 6.54 Å². The molecule has 0 bridgehead atoms. The van der Waals surface area contributed by atoms with E-state index in [2.05, 4.69) is 4.57 Å². The number of carboxylic acids is 1. The Balaban J connectivity index is 1.96. The number of hydrogen-bond acceptors (Lipinski definition) is 5. The summed E-state index contributed by atoms with van der Waals surface area (Å²) >= 11 is 12.1. The van der Waals surface area contributed by atoms with Crippen molar-refractivity contribution < 1.29 is 14.7 Å². The minimum Gasteiger partial charge on any atom is -0.548 e. The molecular formula is C18H14ClN2O3S2-. The SMILES string of the molecule is Cc1cc(/C=C2\SC(=S)N(CC(=O)[O-])C2=O)c(C)n1-c1ccc(Cl)cc1. The predicted octanol–water partition coefficient (Wildman–Crippen LogP) is 2.70. The summed E-state index contributed by atoms with van der Waals surface area (Å²) < 4.78 is 2.28. The summed E-state index contributed by atoms with van der Waals surface area (Å²) in [6.45, 7) is 3.39. The molecule has 2 heterocycles. The molecular weight excluding hydrogens is 392 g/mol. The zero-order chi connectivity index (χ0) is 19.0. The van der Waals surface area contributed by atoms with Gasteiger partial charge < -0.3 is 14.5 Å². The van der Waals surface area contributed by atoms with Crippen molar-refractivity contribution in [1.29, 1.82) is 0 Å². The number of aromatic nitrogens is 1.